The highest BCUT2D eigenvalue weighted by Crippen LogP contribution is 2.40. The number of halogens is 1. The predicted octanol–water partition coefficient (Wildman–Crippen LogP) is 2.14. The Bertz CT molecular complexity index is 974. The van der Waals surface area contributed by atoms with Crippen molar-refractivity contribution in [3.8, 4) is 11.5 Å². The summed E-state index contributed by atoms with van der Waals surface area (Å²) in [5, 5.41) is 3.94. The molecule has 2 atom stereocenters. The van der Waals surface area contributed by atoms with Gasteiger partial charge < -0.3 is 14.3 Å². The molecule has 0 saturated carbocycles. The molecule has 2 aromatic carbocycles. The minimum atomic E-state index is -1.14. The van der Waals surface area contributed by atoms with Crippen molar-refractivity contribution in [2.45, 2.75) is 6.10 Å². The second-order valence-corrected chi connectivity index (χ2v) is 5.98. The molecule has 0 unspecified atom stereocenters. The largest absolute Gasteiger partial charge is 0.493 e. The summed E-state index contributed by atoms with van der Waals surface area (Å²) in [5.74, 6) is -2.10. The first-order chi connectivity index (χ1) is 13.1. The van der Waals surface area contributed by atoms with Crippen LogP contribution in [-0.4, -0.2) is 37.8 Å². The van der Waals surface area contributed by atoms with E-state index >= 15 is 0 Å². The van der Waals surface area contributed by atoms with E-state index in [4.69, 9.17) is 14.3 Å². The van der Waals surface area contributed by atoms with Gasteiger partial charge in [0.2, 0.25) is 12.0 Å². The van der Waals surface area contributed by atoms with E-state index in [9.17, 15) is 14.0 Å². The maximum Gasteiger partial charge on any atom is 0.279 e. The fourth-order valence-corrected chi connectivity index (χ4v) is 3.36. The smallest absolute Gasteiger partial charge is 0.279 e. The molecule has 1 saturated heterocycles. The molecule has 0 bridgehead atoms. The number of benzene rings is 2. The first-order valence-electron chi connectivity index (χ1n) is 8.16. The maximum atomic E-state index is 14.1. The second kappa shape index (κ2) is 6.39. The minimum Gasteiger partial charge on any atom is -0.493 e. The van der Waals surface area contributed by atoms with Gasteiger partial charge in [0.25, 0.3) is 5.91 Å². The molecule has 2 heterocycles. The number of carbonyl (C=O) groups is 2. The molecule has 2 aliphatic heterocycles. The number of amides is 2. The van der Waals surface area contributed by atoms with Crippen LogP contribution in [0.3, 0.4) is 0 Å². The summed E-state index contributed by atoms with van der Waals surface area (Å²) in [6.45, 7) is 0. The number of para-hydroxylation sites is 2. The number of hydrogen-bond acceptors (Lipinski definition) is 6. The van der Waals surface area contributed by atoms with Gasteiger partial charge in [-0.2, -0.15) is 0 Å². The SMILES string of the molecule is COc1cccc(C2=NO[C@H]3C(=O)N(c4ccccc4F)C(=O)[C@@H]23)c1OC. The van der Waals surface area contributed by atoms with E-state index in [0.29, 0.717) is 17.1 Å². The summed E-state index contributed by atoms with van der Waals surface area (Å²) in [7, 11) is 2.95. The Labute approximate surface area is 153 Å². The fourth-order valence-electron chi connectivity index (χ4n) is 3.36. The van der Waals surface area contributed by atoms with Crippen molar-refractivity contribution in [1.29, 1.82) is 0 Å². The number of oxime groups is 1. The van der Waals surface area contributed by atoms with E-state index < -0.39 is 29.7 Å². The van der Waals surface area contributed by atoms with Crippen molar-refractivity contribution in [3.05, 3.63) is 53.8 Å². The number of anilines is 1. The number of methoxy groups -OCH3 is 2. The third-order valence-corrected chi connectivity index (χ3v) is 4.58. The van der Waals surface area contributed by atoms with Gasteiger partial charge in [-0.05, 0) is 24.3 Å². The van der Waals surface area contributed by atoms with Crippen LogP contribution in [0.4, 0.5) is 10.1 Å². The molecule has 0 spiro atoms. The zero-order chi connectivity index (χ0) is 19.1. The number of fused-ring (bicyclic) bond motifs is 1. The van der Waals surface area contributed by atoms with E-state index in [1.165, 1.54) is 32.4 Å². The van der Waals surface area contributed by atoms with Crippen molar-refractivity contribution in [2.24, 2.45) is 11.1 Å². The monoisotopic (exact) mass is 370 g/mol. The summed E-state index contributed by atoms with van der Waals surface area (Å²) in [6.07, 6.45) is -1.14. The Hall–Kier alpha value is -3.42. The summed E-state index contributed by atoms with van der Waals surface area (Å²) in [5.41, 5.74) is 0.608. The lowest BCUT2D eigenvalue weighted by molar-refractivity contribution is -0.126. The highest BCUT2D eigenvalue weighted by Gasteiger charge is 2.57. The zero-order valence-electron chi connectivity index (χ0n) is 14.5. The van der Waals surface area contributed by atoms with Crippen LogP contribution >= 0.6 is 0 Å². The zero-order valence-corrected chi connectivity index (χ0v) is 14.5. The first-order valence-corrected chi connectivity index (χ1v) is 8.16. The molecule has 7 nitrogen and oxygen atoms in total. The van der Waals surface area contributed by atoms with Crippen LogP contribution < -0.4 is 14.4 Å². The molecule has 2 aliphatic rings. The van der Waals surface area contributed by atoms with Gasteiger partial charge in [0.15, 0.2) is 11.5 Å². The summed E-state index contributed by atoms with van der Waals surface area (Å²) in [6, 6.07) is 10.7. The van der Waals surface area contributed by atoms with Gasteiger partial charge in [-0.3, -0.25) is 9.59 Å². The maximum absolute atomic E-state index is 14.1. The van der Waals surface area contributed by atoms with Gasteiger partial charge >= 0.3 is 0 Å². The van der Waals surface area contributed by atoms with Crippen LogP contribution in [0.1, 0.15) is 5.56 Å². The van der Waals surface area contributed by atoms with E-state index in [-0.39, 0.29) is 11.4 Å². The summed E-state index contributed by atoms with van der Waals surface area (Å²) >= 11 is 0. The second-order valence-electron chi connectivity index (χ2n) is 5.98. The summed E-state index contributed by atoms with van der Waals surface area (Å²) in [4.78, 5) is 31.7. The van der Waals surface area contributed by atoms with Crippen LogP contribution in [0.5, 0.6) is 11.5 Å². The molecule has 2 aromatic rings. The summed E-state index contributed by atoms with van der Waals surface area (Å²) < 4.78 is 24.8. The van der Waals surface area contributed by atoms with Crippen molar-refractivity contribution >= 4 is 23.2 Å². The highest BCUT2D eigenvalue weighted by molar-refractivity contribution is 6.32. The van der Waals surface area contributed by atoms with E-state index in [1.807, 2.05) is 0 Å². The van der Waals surface area contributed by atoms with Crippen LogP contribution in [0.15, 0.2) is 47.6 Å². The lowest BCUT2D eigenvalue weighted by Gasteiger charge is -2.17. The molecule has 8 heteroatoms. The molecular formula is C19H15FN2O5. The molecule has 0 radical (unpaired) electrons. The standard InChI is InChI=1S/C19H15FN2O5/c1-25-13-9-5-6-10(16(13)26-2)15-14-17(27-21-15)19(24)22(18(14)23)12-8-4-3-7-11(12)20/h3-9,14,17H,1-2H3/t14-,17+/m0/s1. The van der Waals surface area contributed by atoms with Crippen molar-refractivity contribution in [3.63, 3.8) is 0 Å². The Morgan fingerprint density at radius 2 is 1.81 bits per heavy atom. The van der Waals surface area contributed by atoms with Crippen LogP contribution in [0, 0.1) is 11.7 Å². The molecule has 4 rings (SSSR count). The number of carbonyl (C=O) groups excluding carboxylic acids is 2. The van der Waals surface area contributed by atoms with E-state index in [0.717, 1.165) is 4.90 Å². The number of nitrogens with zero attached hydrogens (tertiary/aromatic N) is 2. The van der Waals surface area contributed by atoms with Crippen LogP contribution in [0.2, 0.25) is 0 Å². The topological polar surface area (TPSA) is 77.4 Å². The minimum absolute atomic E-state index is 0.109. The van der Waals surface area contributed by atoms with Gasteiger partial charge in [0.05, 0.1) is 19.9 Å². The molecule has 0 aliphatic carbocycles. The van der Waals surface area contributed by atoms with Gasteiger partial charge in [0.1, 0.15) is 17.4 Å². The van der Waals surface area contributed by atoms with Gasteiger partial charge in [-0.15, -0.1) is 0 Å². The van der Waals surface area contributed by atoms with Crippen molar-refractivity contribution < 1.29 is 28.3 Å². The average molecular weight is 370 g/mol. The molecule has 27 heavy (non-hydrogen) atoms. The molecule has 1 fully saturated rings. The highest BCUT2D eigenvalue weighted by atomic mass is 19.1. The third-order valence-electron chi connectivity index (χ3n) is 4.58. The Morgan fingerprint density at radius 1 is 1.04 bits per heavy atom. The average Bonchev–Trinajstić information content (AvgIpc) is 3.22. The van der Waals surface area contributed by atoms with Gasteiger partial charge in [-0.25, -0.2) is 9.29 Å². The molecular weight excluding hydrogens is 355 g/mol. The third kappa shape index (κ3) is 2.44. The predicted molar refractivity (Wildman–Crippen MR) is 93.3 cm³/mol. The van der Waals surface area contributed by atoms with Crippen molar-refractivity contribution in [1.82, 2.24) is 0 Å². The number of rotatable bonds is 4. The van der Waals surface area contributed by atoms with Crippen molar-refractivity contribution in [2.75, 3.05) is 19.1 Å². The Balaban J connectivity index is 1.76. The van der Waals surface area contributed by atoms with E-state index in [1.54, 1.807) is 24.3 Å². The number of ether oxygens (including phenoxy) is 2. The normalized spacial score (nSPS) is 21.0. The van der Waals surface area contributed by atoms with Gasteiger partial charge in [0, 0.05) is 5.56 Å². The molecule has 0 aromatic heterocycles. The first kappa shape index (κ1) is 17.0. The molecule has 2 amide bonds. The lowest BCUT2D eigenvalue weighted by Crippen LogP contribution is -2.33. The Kier molecular flexibility index (Phi) is 4.02. The quantitative estimate of drug-likeness (QED) is 0.771. The van der Waals surface area contributed by atoms with E-state index in [2.05, 4.69) is 5.16 Å². The molecule has 0 N–H and O–H groups in total. The number of hydrogen-bond donors (Lipinski definition) is 0. The fraction of sp³-hybridized carbons (Fsp3) is 0.211. The van der Waals surface area contributed by atoms with Gasteiger partial charge in [-0.1, -0.05) is 23.4 Å². The Morgan fingerprint density at radius 3 is 2.52 bits per heavy atom. The molecule has 138 valence electrons. The lowest BCUT2D eigenvalue weighted by atomic mass is 9.93. The number of imide groups is 1. The van der Waals surface area contributed by atoms with Crippen LogP contribution in [0.25, 0.3) is 0 Å². The van der Waals surface area contributed by atoms with Crippen LogP contribution in [-0.2, 0) is 14.4 Å².